The summed E-state index contributed by atoms with van der Waals surface area (Å²) < 4.78 is 5.98. The lowest BCUT2D eigenvalue weighted by Crippen LogP contribution is -2.48. The molecule has 0 unspecified atom stereocenters. The fourth-order valence-corrected chi connectivity index (χ4v) is 4.43. The van der Waals surface area contributed by atoms with Crippen LogP contribution in [0.5, 0.6) is 11.5 Å². The molecule has 1 heterocycles. The maximum absolute atomic E-state index is 13.2. The molecule has 0 amide bonds. The van der Waals surface area contributed by atoms with Gasteiger partial charge in [0.2, 0.25) is 5.78 Å². The highest BCUT2D eigenvalue weighted by atomic mass is 16.5. The van der Waals surface area contributed by atoms with Gasteiger partial charge in [-0.2, -0.15) is 0 Å². The second-order valence-electron chi connectivity index (χ2n) is 7.65. The lowest BCUT2D eigenvalue weighted by molar-refractivity contribution is -0.0497. The Morgan fingerprint density at radius 1 is 1.19 bits per heavy atom. The van der Waals surface area contributed by atoms with Crippen LogP contribution in [0.3, 0.4) is 0 Å². The van der Waals surface area contributed by atoms with Gasteiger partial charge in [-0.15, -0.1) is 0 Å². The Morgan fingerprint density at radius 2 is 1.92 bits per heavy atom. The van der Waals surface area contributed by atoms with Crippen molar-refractivity contribution in [2.75, 3.05) is 6.61 Å². The SMILES string of the molecule is CC1(C)OC2=C(C(=O)c3cc(O)cc(O)c3C2=O)[C@@H]2C=C(CO)CC[C@@H]21. The molecular formula is C20H20O6. The molecule has 1 aliphatic heterocycles. The van der Waals surface area contributed by atoms with E-state index in [0.717, 1.165) is 18.1 Å². The largest absolute Gasteiger partial charge is 0.508 e. The van der Waals surface area contributed by atoms with Crippen LogP contribution in [0.2, 0.25) is 0 Å². The Kier molecular flexibility index (Phi) is 3.53. The van der Waals surface area contributed by atoms with Gasteiger partial charge >= 0.3 is 0 Å². The first-order chi connectivity index (χ1) is 12.2. The first-order valence-electron chi connectivity index (χ1n) is 8.63. The van der Waals surface area contributed by atoms with Gasteiger partial charge in [0.1, 0.15) is 17.1 Å². The molecule has 0 saturated carbocycles. The lowest BCUT2D eigenvalue weighted by atomic mass is 9.65. The molecule has 0 spiro atoms. The number of benzene rings is 1. The number of allylic oxidation sites excluding steroid dienone is 3. The van der Waals surface area contributed by atoms with E-state index in [9.17, 15) is 24.9 Å². The van der Waals surface area contributed by atoms with E-state index >= 15 is 0 Å². The summed E-state index contributed by atoms with van der Waals surface area (Å²) in [6.07, 6.45) is 3.32. The summed E-state index contributed by atoms with van der Waals surface area (Å²) in [5, 5.41) is 29.4. The van der Waals surface area contributed by atoms with E-state index in [2.05, 4.69) is 0 Å². The maximum Gasteiger partial charge on any atom is 0.232 e. The van der Waals surface area contributed by atoms with E-state index in [-0.39, 0.29) is 46.7 Å². The standard InChI is InChI=1S/C20H20O6/c1-20(2)13-4-3-9(8-21)5-11(13)16-17(24)12-6-10(22)7-14(23)15(12)18(25)19(16)26-20/h5-7,11,13,21-23H,3-4,8H2,1-2H3/t11-,13+/m1/s1. The van der Waals surface area contributed by atoms with Gasteiger partial charge < -0.3 is 20.1 Å². The Hall–Kier alpha value is -2.60. The van der Waals surface area contributed by atoms with E-state index in [1.807, 2.05) is 19.9 Å². The first kappa shape index (κ1) is 16.8. The molecule has 2 atom stereocenters. The Labute approximate surface area is 150 Å². The highest BCUT2D eigenvalue weighted by molar-refractivity contribution is 6.27. The van der Waals surface area contributed by atoms with Gasteiger partial charge in [-0.05, 0) is 38.3 Å². The second-order valence-corrected chi connectivity index (χ2v) is 7.65. The van der Waals surface area contributed by atoms with Crippen molar-refractivity contribution in [2.45, 2.75) is 32.3 Å². The number of phenolic OH excluding ortho intramolecular Hbond substituents is 2. The van der Waals surface area contributed by atoms with Crippen LogP contribution < -0.4 is 0 Å². The van der Waals surface area contributed by atoms with Gasteiger partial charge in [0.05, 0.1) is 17.7 Å². The van der Waals surface area contributed by atoms with Crippen LogP contribution in [0.4, 0.5) is 0 Å². The van der Waals surface area contributed by atoms with Gasteiger partial charge in [0.25, 0.3) is 0 Å². The molecule has 0 fully saturated rings. The maximum atomic E-state index is 13.2. The zero-order valence-corrected chi connectivity index (χ0v) is 14.6. The summed E-state index contributed by atoms with van der Waals surface area (Å²) in [6.45, 7) is 3.68. The zero-order valence-electron chi connectivity index (χ0n) is 14.6. The van der Waals surface area contributed by atoms with Gasteiger partial charge in [-0.25, -0.2) is 0 Å². The number of rotatable bonds is 1. The van der Waals surface area contributed by atoms with E-state index < -0.39 is 22.9 Å². The third-order valence-electron chi connectivity index (χ3n) is 5.69. The van der Waals surface area contributed by atoms with Crippen molar-refractivity contribution in [1.82, 2.24) is 0 Å². The molecular weight excluding hydrogens is 336 g/mol. The molecule has 3 N–H and O–H groups in total. The quantitative estimate of drug-likeness (QED) is 0.668. The van der Waals surface area contributed by atoms with E-state index in [4.69, 9.17) is 4.74 Å². The molecule has 1 aromatic carbocycles. The van der Waals surface area contributed by atoms with Crippen LogP contribution in [0.1, 0.15) is 47.4 Å². The van der Waals surface area contributed by atoms with Gasteiger partial charge in [-0.3, -0.25) is 9.59 Å². The van der Waals surface area contributed by atoms with Crippen molar-refractivity contribution >= 4 is 11.6 Å². The Bertz CT molecular complexity index is 905. The van der Waals surface area contributed by atoms with E-state index in [0.29, 0.717) is 6.42 Å². The summed E-state index contributed by atoms with van der Waals surface area (Å²) in [5.41, 5.74) is 0.268. The molecule has 0 radical (unpaired) electrons. The summed E-state index contributed by atoms with van der Waals surface area (Å²) in [6, 6.07) is 2.24. The molecule has 4 rings (SSSR count). The Morgan fingerprint density at radius 3 is 2.62 bits per heavy atom. The molecule has 6 heteroatoms. The molecule has 2 aliphatic carbocycles. The number of carbonyl (C=O) groups is 2. The molecule has 6 nitrogen and oxygen atoms in total. The molecule has 26 heavy (non-hydrogen) atoms. The number of aromatic hydroxyl groups is 2. The minimum absolute atomic E-state index is 0.0132. The van der Waals surface area contributed by atoms with Crippen LogP contribution in [0.15, 0.2) is 35.1 Å². The molecule has 3 aliphatic rings. The lowest BCUT2D eigenvalue weighted by Gasteiger charge is -2.47. The van der Waals surface area contributed by atoms with Gasteiger partial charge in [0.15, 0.2) is 11.5 Å². The minimum atomic E-state index is -0.666. The fourth-order valence-electron chi connectivity index (χ4n) is 4.43. The predicted molar refractivity (Wildman–Crippen MR) is 92.0 cm³/mol. The zero-order chi connectivity index (χ0) is 18.8. The molecule has 0 bridgehead atoms. The Balaban J connectivity index is 1.95. The fraction of sp³-hybridized carbons (Fsp3) is 0.400. The number of aliphatic hydroxyl groups is 1. The van der Waals surface area contributed by atoms with Crippen molar-refractivity contribution in [1.29, 1.82) is 0 Å². The minimum Gasteiger partial charge on any atom is -0.508 e. The molecule has 136 valence electrons. The number of carbonyl (C=O) groups excluding carboxylic acids is 2. The number of hydrogen-bond acceptors (Lipinski definition) is 6. The first-order valence-corrected chi connectivity index (χ1v) is 8.63. The van der Waals surface area contributed by atoms with Crippen LogP contribution in [0.25, 0.3) is 0 Å². The predicted octanol–water partition coefficient (Wildman–Crippen LogP) is 2.48. The van der Waals surface area contributed by atoms with Gasteiger partial charge in [-0.1, -0.05) is 6.08 Å². The summed E-state index contributed by atoms with van der Waals surface area (Å²) in [5.74, 6) is -2.10. The number of ether oxygens (including phenoxy) is 1. The normalized spacial score (nSPS) is 26.5. The molecule has 1 aromatic rings. The van der Waals surface area contributed by atoms with Crippen molar-refractivity contribution in [3.05, 3.63) is 46.2 Å². The van der Waals surface area contributed by atoms with Crippen molar-refractivity contribution in [3.8, 4) is 11.5 Å². The number of hydrogen-bond donors (Lipinski definition) is 3. The highest BCUT2D eigenvalue weighted by Crippen LogP contribution is 2.50. The highest BCUT2D eigenvalue weighted by Gasteiger charge is 2.51. The van der Waals surface area contributed by atoms with Crippen molar-refractivity contribution in [3.63, 3.8) is 0 Å². The summed E-state index contributed by atoms with van der Waals surface area (Å²) >= 11 is 0. The summed E-state index contributed by atoms with van der Waals surface area (Å²) in [4.78, 5) is 26.2. The average molecular weight is 356 g/mol. The third-order valence-corrected chi connectivity index (χ3v) is 5.69. The van der Waals surface area contributed by atoms with Gasteiger partial charge in [0, 0.05) is 23.5 Å². The molecule has 0 saturated heterocycles. The van der Waals surface area contributed by atoms with Crippen LogP contribution in [0, 0.1) is 11.8 Å². The smallest absolute Gasteiger partial charge is 0.232 e. The van der Waals surface area contributed by atoms with Crippen molar-refractivity contribution < 1.29 is 29.6 Å². The average Bonchev–Trinajstić information content (AvgIpc) is 2.58. The number of fused-ring (bicyclic) bond motifs is 3. The topological polar surface area (TPSA) is 104 Å². The van der Waals surface area contributed by atoms with Crippen LogP contribution in [-0.2, 0) is 4.74 Å². The summed E-state index contributed by atoms with van der Waals surface area (Å²) in [7, 11) is 0. The number of aliphatic hydroxyl groups excluding tert-OH is 1. The number of Topliss-reactive ketones (excluding diaryl/α,β-unsaturated/α-hetero) is 2. The van der Waals surface area contributed by atoms with E-state index in [1.54, 1.807) is 0 Å². The third kappa shape index (κ3) is 2.22. The second kappa shape index (κ2) is 5.45. The monoisotopic (exact) mass is 356 g/mol. The van der Waals surface area contributed by atoms with Crippen molar-refractivity contribution in [2.24, 2.45) is 11.8 Å². The van der Waals surface area contributed by atoms with Crippen LogP contribution >= 0.6 is 0 Å². The molecule has 0 aromatic heterocycles. The number of phenols is 2. The van der Waals surface area contributed by atoms with E-state index in [1.165, 1.54) is 6.07 Å². The number of ketones is 2. The van der Waals surface area contributed by atoms with Crippen LogP contribution in [-0.4, -0.2) is 39.1 Å².